The molecular formula is C21H38O19S. The zero-order valence-corrected chi connectivity index (χ0v) is 22.5. The summed E-state index contributed by atoms with van der Waals surface area (Å²) in [6.07, 6.45) is -24.3. The average Bonchev–Trinajstić information content (AvgIpc) is 2.91. The highest BCUT2D eigenvalue weighted by atomic mass is 32.2. The molecule has 11 N–H and O–H groups in total. The smallest absolute Gasteiger partial charge is 0.270 e. The molecule has 19 nitrogen and oxygen atoms in total. The Morgan fingerprint density at radius 1 is 0.707 bits per heavy atom. The molecule has 41 heavy (non-hydrogen) atoms. The Morgan fingerprint density at radius 2 is 1.27 bits per heavy atom. The number of aliphatic hydroxyl groups excluding tert-OH is 10. The molecule has 0 aromatic heterocycles. The number of hydrogen-bond donors (Lipinski definition) is 11. The second-order valence-electron chi connectivity index (χ2n) is 10.0. The van der Waals surface area contributed by atoms with Gasteiger partial charge in [-0.1, -0.05) is 0 Å². The summed E-state index contributed by atoms with van der Waals surface area (Å²) in [6, 6.07) is 0. The summed E-state index contributed by atoms with van der Waals surface area (Å²) in [5.74, 6) is -4.56. The van der Waals surface area contributed by atoms with Crippen molar-refractivity contribution < 1.29 is 92.5 Å². The van der Waals surface area contributed by atoms with E-state index in [1.165, 1.54) is 6.92 Å². The maximum Gasteiger partial charge on any atom is 0.270 e. The van der Waals surface area contributed by atoms with Crippen LogP contribution in [0, 0.1) is 0 Å². The van der Waals surface area contributed by atoms with Crippen molar-refractivity contribution >= 4 is 10.1 Å². The minimum absolute atomic E-state index is 0.349. The lowest BCUT2D eigenvalue weighted by Gasteiger charge is -2.51. The normalized spacial score (nSPS) is 47.8. The van der Waals surface area contributed by atoms with E-state index in [0.717, 1.165) is 0 Å². The minimum atomic E-state index is -5.09. The largest absolute Gasteiger partial charge is 0.394 e. The quantitative estimate of drug-likeness (QED) is 0.0749. The van der Waals surface area contributed by atoms with Crippen LogP contribution in [0.5, 0.6) is 0 Å². The number of ether oxygens (including phenoxy) is 6. The Kier molecular flexibility index (Phi) is 11.8. The van der Waals surface area contributed by atoms with Crippen LogP contribution < -0.4 is 0 Å². The lowest BCUT2D eigenvalue weighted by Crippen LogP contribution is -2.71. The summed E-state index contributed by atoms with van der Waals surface area (Å²) >= 11 is 0. The summed E-state index contributed by atoms with van der Waals surface area (Å²) in [7, 11) is -5.09. The molecule has 3 rings (SSSR count). The Hall–Kier alpha value is -0.730. The van der Waals surface area contributed by atoms with E-state index in [2.05, 4.69) is 0 Å². The molecule has 242 valence electrons. The Morgan fingerprint density at radius 3 is 1.80 bits per heavy atom. The maximum atomic E-state index is 11.8. The van der Waals surface area contributed by atoms with E-state index in [4.69, 9.17) is 28.4 Å². The van der Waals surface area contributed by atoms with E-state index in [9.17, 15) is 64.0 Å². The molecule has 0 aromatic rings. The molecule has 0 amide bonds. The Bertz CT molecular complexity index is 938. The monoisotopic (exact) mass is 626 g/mol. The molecular weight excluding hydrogens is 588 g/mol. The van der Waals surface area contributed by atoms with E-state index in [1.54, 1.807) is 0 Å². The molecule has 20 heteroatoms. The maximum absolute atomic E-state index is 11.8. The fraction of sp³-hybridized carbons (Fsp3) is 1.00. The van der Waals surface area contributed by atoms with E-state index < -0.39 is 127 Å². The second-order valence-corrected chi connectivity index (χ2v) is 11.5. The van der Waals surface area contributed by atoms with Crippen LogP contribution in [0.4, 0.5) is 0 Å². The molecule has 0 radical (unpaired) electrons. The third-order valence-electron chi connectivity index (χ3n) is 7.03. The second kappa shape index (κ2) is 13.9. The Labute approximate surface area is 233 Å². The van der Waals surface area contributed by atoms with Gasteiger partial charge < -0.3 is 79.5 Å². The van der Waals surface area contributed by atoms with Crippen molar-refractivity contribution in [3.8, 4) is 0 Å². The van der Waals surface area contributed by atoms with E-state index in [1.807, 2.05) is 0 Å². The Balaban J connectivity index is 1.74. The van der Waals surface area contributed by atoms with Gasteiger partial charge >= 0.3 is 0 Å². The lowest BCUT2D eigenvalue weighted by atomic mass is 9.92. The first-order chi connectivity index (χ1) is 19.1. The van der Waals surface area contributed by atoms with Gasteiger partial charge in [0.15, 0.2) is 12.6 Å². The van der Waals surface area contributed by atoms with Crippen molar-refractivity contribution in [2.75, 3.05) is 32.2 Å². The van der Waals surface area contributed by atoms with Crippen molar-refractivity contribution in [3.05, 3.63) is 0 Å². The van der Waals surface area contributed by atoms with Gasteiger partial charge in [-0.05, 0) is 6.92 Å². The van der Waals surface area contributed by atoms with Crippen LogP contribution in [-0.2, 0) is 38.5 Å². The third kappa shape index (κ3) is 7.68. The molecule has 15 atom stereocenters. The highest BCUT2D eigenvalue weighted by molar-refractivity contribution is 7.85. The van der Waals surface area contributed by atoms with Crippen molar-refractivity contribution in [1.29, 1.82) is 0 Å². The molecule has 3 heterocycles. The van der Waals surface area contributed by atoms with E-state index in [0.29, 0.717) is 0 Å². The van der Waals surface area contributed by atoms with Crippen LogP contribution in [0.1, 0.15) is 6.92 Å². The first-order valence-corrected chi connectivity index (χ1v) is 14.2. The van der Waals surface area contributed by atoms with Crippen LogP contribution in [0.3, 0.4) is 0 Å². The van der Waals surface area contributed by atoms with Crippen LogP contribution >= 0.6 is 0 Å². The highest BCUT2D eigenvalue weighted by Gasteiger charge is 2.60. The van der Waals surface area contributed by atoms with Gasteiger partial charge in [0, 0.05) is 0 Å². The summed E-state index contributed by atoms with van der Waals surface area (Å²) in [5.41, 5.74) is 0. The topological polar surface area (TPSA) is 312 Å². The van der Waals surface area contributed by atoms with Gasteiger partial charge in [-0.3, -0.25) is 4.55 Å². The molecule has 0 aromatic carbocycles. The SMILES string of the molecule is C[C@@H]1O[C@@H](OCCO[C@@H]2O[C@H](CO)[C@H](O)[C@H](O[C@@]3(CS(=O)(=O)O)O[C@H](CO)[C@@H](O)[C@H](O)[C@H]3O)[C@H]2O)[C@@H](O)[C@H](O)[C@@H]1O. The first kappa shape index (κ1) is 34.8. The van der Waals surface area contributed by atoms with E-state index >= 15 is 0 Å². The molecule has 3 aliphatic heterocycles. The van der Waals surface area contributed by atoms with Gasteiger partial charge in [0.05, 0.1) is 32.5 Å². The zero-order chi connectivity index (χ0) is 30.9. The van der Waals surface area contributed by atoms with Crippen LogP contribution in [0.15, 0.2) is 0 Å². The van der Waals surface area contributed by atoms with Gasteiger partial charge in [0.1, 0.15) is 72.9 Å². The average molecular weight is 627 g/mol. The predicted molar refractivity (Wildman–Crippen MR) is 126 cm³/mol. The molecule has 3 aliphatic rings. The first-order valence-electron chi connectivity index (χ1n) is 12.6. The van der Waals surface area contributed by atoms with Crippen molar-refractivity contribution in [2.24, 2.45) is 0 Å². The number of aliphatic hydroxyl groups is 10. The van der Waals surface area contributed by atoms with Gasteiger partial charge in [0.2, 0.25) is 5.79 Å². The fourth-order valence-electron chi connectivity index (χ4n) is 4.75. The van der Waals surface area contributed by atoms with Gasteiger partial charge in [-0.15, -0.1) is 0 Å². The van der Waals surface area contributed by atoms with Crippen molar-refractivity contribution in [3.63, 3.8) is 0 Å². The van der Waals surface area contributed by atoms with Gasteiger partial charge in [-0.2, -0.15) is 8.42 Å². The zero-order valence-electron chi connectivity index (χ0n) is 21.7. The number of rotatable bonds is 11. The van der Waals surface area contributed by atoms with Crippen LogP contribution in [0.2, 0.25) is 0 Å². The molecule has 0 spiro atoms. The molecule has 0 unspecified atom stereocenters. The van der Waals surface area contributed by atoms with E-state index in [-0.39, 0.29) is 6.61 Å². The summed E-state index contributed by atoms with van der Waals surface area (Å²) < 4.78 is 65.1. The summed E-state index contributed by atoms with van der Waals surface area (Å²) in [4.78, 5) is 0. The highest BCUT2D eigenvalue weighted by Crippen LogP contribution is 2.37. The van der Waals surface area contributed by atoms with Crippen LogP contribution in [0.25, 0.3) is 0 Å². The standard InChI is InChI=1S/C21H38O19S/c1-7-10(24)13(27)15(29)19(37-7)35-2-3-36-20-16(30)17(12(26)8(4-22)38-20)40-21(6-41(32,33)34)18(31)14(28)11(25)9(5-23)39-21/h7-20,22-31H,2-6H2,1H3,(H,32,33,34)/t7-,8+,9+,10+,11+,12-,13+,14-,15-,16+,17-,18+,19+,20+,21+/m0/s1. The summed E-state index contributed by atoms with van der Waals surface area (Å²) in [6.45, 7) is -1.23. The summed E-state index contributed by atoms with van der Waals surface area (Å²) in [5, 5.41) is 101. The minimum Gasteiger partial charge on any atom is -0.394 e. The molecule has 0 saturated carbocycles. The predicted octanol–water partition coefficient (Wildman–Crippen LogP) is -7.27. The molecule has 3 fully saturated rings. The number of hydrogen-bond acceptors (Lipinski definition) is 18. The molecule has 0 aliphatic carbocycles. The molecule has 0 bridgehead atoms. The van der Waals surface area contributed by atoms with Gasteiger partial charge in [-0.25, -0.2) is 0 Å². The molecule has 3 saturated heterocycles. The fourth-order valence-corrected chi connectivity index (χ4v) is 5.57. The van der Waals surface area contributed by atoms with Crippen LogP contribution in [-0.4, -0.2) is 188 Å². The van der Waals surface area contributed by atoms with Crippen molar-refractivity contribution in [2.45, 2.75) is 98.5 Å². The third-order valence-corrected chi connectivity index (χ3v) is 7.80. The lowest BCUT2D eigenvalue weighted by molar-refractivity contribution is -0.398. The van der Waals surface area contributed by atoms with Crippen molar-refractivity contribution in [1.82, 2.24) is 0 Å². The van der Waals surface area contributed by atoms with Gasteiger partial charge in [0.25, 0.3) is 10.1 Å².